The Morgan fingerprint density at radius 2 is 1.95 bits per heavy atom. The van der Waals surface area contributed by atoms with Crippen molar-refractivity contribution in [1.29, 1.82) is 0 Å². The van der Waals surface area contributed by atoms with E-state index in [2.05, 4.69) is 5.10 Å². The second-order valence-electron chi connectivity index (χ2n) is 4.49. The van der Waals surface area contributed by atoms with Crippen LogP contribution in [0.2, 0.25) is 0 Å². The van der Waals surface area contributed by atoms with Crippen LogP contribution in [0.5, 0.6) is 5.88 Å². The van der Waals surface area contributed by atoms with Crippen molar-refractivity contribution >= 4 is 0 Å². The molecule has 21 heavy (non-hydrogen) atoms. The van der Waals surface area contributed by atoms with Crippen molar-refractivity contribution in [2.75, 3.05) is 6.54 Å². The second kappa shape index (κ2) is 5.65. The monoisotopic (exact) mass is 301 g/mol. The number of benzene rings is 1. The molecule has 1 aromatic carbocycles. The van der Waals surface area contributed by atoms with Gasteiger partial charge in [-0.15, -0.1) is 0 Å². The van der Waals surface area contributed by atoms with E-state index < -0.39 is 23.2 Å². The van der Waals surface area contributed by atoms with Crippen molar-refractivity contribution in [3.05, 3.63) is 45.7 Å². The molecule has 0 aliphatic heterocycles. The van der Waals surface area contributed by atoms with Gasteiger partial charge in [-0.05, 0) is 31.5 Å². The molecule has 4 N–H and O–H groups in total. The first kappa shape index (κ1) is 15.2. The molecule has 0 saturated heterocycles. The molecule has 5 nitrogen and oxygen atoms in total. The van der Waals surface area contributed by atoms with Crippen LogP contribution in [0.4, 0.5) is 13.2 Å². The lowest BCUT2D eigenvalue weighted by Gasteiger charge is -2.13. The molecule has 0 bridgehead atoms. The summed E-state index contributed by atoms with van der Waals surface area (Å²) in [5.74, 6) is -0.523. The van der Waals surface area contributed by atoms with Crippen LogP contribution in [-0.4, -0.2) is 21.4 Å². The van der Waals surface area contributed by atoms with E-state index in [0.717, 1.165) is 10.7 Å². The van der Waals surface area contributed by atoms with Gasteiger partial charge in [0.2, 0.25) is 5.88 Å². The minimum Gasteiger partial charge on any atom is -0.493 e. The Bertz CT molecular complexity index is 689. The molecule has 0 unspecified atom stereocenters. The van der Waals surface area contributed by atoms with Gasteiger partial charge in [0, 0.05) is 0 Å². The average Bonchev–Trinajstić information content (AvgIpc) is 2.71. The largest absolute Gasteiger partial charge is 0.493 e. The Balaban J connectivity index is 2.56. The molecule has 2 aromatic rings. The first-order valence-corrected chi connectivity index (χ1v) is 6.25. The number of aromatic nitrogens is 2. The third-order valence-corrected chi connectivity index (χ3v) is 3.05. The quantitative estimate of drug-likeness (QED) is 0.805. The highest BCUT2D eigenvalue weighted by Gasteiger charge is 2.34. The minimum atomic E-state index is -4.60. The first-order chi connectivity index (χ1) is 9.86. The molecule has 0 radical (unpaired) electrons. The van der Waals surface area contributed by atoms with Crippen molar-refractivity contribution < 1.29 is 18.3 Å². The fourth-order valence-electron chi connectivity index (χ4n) is 2.05. The smallest absolute Gasteiger partial charge is 0.418 e. The van der Waals surface area contributed by atoms with Crippen LogP contribution < -0.4 is 11.3 Å². The molecule has 0 aliphatic carbocycles. The Hall–Kier alpha value is -2.22. The zero-order valence-corrected chi connectivity index (χ0v) is 10.9. The summed E-state index contributed by atoms with van der Waals surface area (Å²) < 4.78 is 39.7. The Labute approximate surface area is 117 Å². The Morgan fingerprint density at radius 1 is 1.29 bits per heavy atom. The lowest BCUT2D eigenvalue weighted by molar-refractivity contribution is -0.137. The summed E-state index contributed by atoms with van der Waals surface area (Å²) in [6.45, 7) is 0.309. The van der Waals surface area contributed by atoms with Crippen molar-refractivity contribution in [2.45, 2.75) is 19.0 Å². The lowest BCUT2D eigenvalue weighted by Crippen LogP contribution is -2.13. The van der Waals surface area contributed by atoms with Gasteiger partial charge in [-0.25, -0.2) is 4.68 Å². The maximum atomic E-state index is 13.0. The zero-order valence-electron chi connectivity index (χ0n) is 10.9. The molecule has 0 aliphatic rings. The normalized spacial score (nSPS) is 11.8. The van der Waals surface area contributed by atoms with Gasteiger partial charge in [-0.1, -0.05) is 12.1 Å². The van der Waals surface area contributed by atoms with E-state index in [9.17, 15) is 23.1 Å². The van der Waals surface area contributed by atoms with Crippen LogP contribution in [0.3, 0.4) is 0 Å². The van der Waals surface area contributed by atoms with Crippen LogP contribution in [0.15, 0.2) is 29.1 Å². The summed E-state index contributed by atoms with van der Waals surface area (Å²) in [6, 6.07) is 4.68. The van der Waals surface area contributed by atoms with Gasteiger partial charge in [-0.3, -0.25) is 9.89 Å². The average molecular weight is 301 g/mol. The standard InChI is InChI=1S/C13H14F3N3O2/c14-13(15,16)9-5-1-2-6-10(9)19-12(21)8(4-3-7-17)11(20)18-19/h1-2,5-6,21H,3-4,7,17H2,(H,18,20). The summed E-state index contributed by atoms with van der Waals surface area (Å²) in [7, 11) is 0. The molecule has 114 valence electrons. The van der Waals surface area contributed by atoms with Gasteiger partial charge in [0.1, 0.15) is 0 Å². The van der Waals surface area contributed by atoms with Gasteiger partial charge in [-0.2, -0.15) is 13.2 Å². The van der Waals surface area contributed by atoms with Crippen molar-refractivity contribution in [3.63, 3.8) is 0 Å². The summed E-state index contributed by atoms with van der Waals surface area (Å²) in [5, 5.41) is 12.2. The number of alkyl halides is 3. The molecule has 0 spiro atoms. The third kappa shape index (κ3) is 2.94. The molecular weight excluding hydrogens is 287 g/mol. The minimum absolute atomic E-state index is 0.0254. The van der Waals surface area contributed by atoms with Crippen LogP contribution in [0.25, 0.3) is 5.69 Å². The molecule has 2 rings (SSSR count). The first-order valence-electron chi connectivity index (χ1n) is 6.25. The summed E-state index contributed by atoms with van der Waals surface area (Å²) >= 11 is 0. The van der Waals surface area contributed by atoms with E-state index in [1.54, 1.807) is 0 Å². The van der Waals surface area contributed by atoms with E-state index in [1.165, 1.54) is 18.2 Å². The number of nitrogens with one attached hydrogen (secondary N) is 1. The lowest BCUT2D eigenvalue weighted by atomic mass is 10.1. The SMILES string of the molecule is NCCCc1c(O)n(-c2ccccc2C(F)(F)F)[nH]c1=O. The van der Waals surface area contributed by atoms with Gasteiger partial charge >= 0.3 is 6.18 Å². The Kier molecular flexibility index (Phi) is 4.08. The summed E-state index contributed by atoms with van der Waals surface area (Å²) in [5.41, 5.74) is 3.44. The Morgan fingerprint density at radius 3 is 2.57 bits per heavy atom. The molecule has 1 heterocycles. The number of hydrogen-bond donors (Lipinski definition) is 3. The number of nitrogens with two attached hydrogens (primary N) is 1. The molecule has 0 amide bonds. The topological polar surface area (TPSA) is 84.0 Å². The number of para-hydroxylation sites is 1. The summed E-state index contributed by atoms with van der Waals surface area (Å²) in [4.78, 5) is 11.7. The number of aromatic hydroxyl groups is 1. The van der Waals surface area contributed by atoms with Gasteiger partial charge in [0.25, 0.3) is 5.56 Å². The molecule has 8 heteroatoms. The van der Waals surface area contributed by atoms with E-state index in [-0.39, 0.29) is 17.7 Å². The highest BCUT2D eigenvalue weighted by atomic mass is 19.4. The van der Waals surface area contributed by atoms with E-state index in [4.69, 9.17) is 5.73 Å². The fraction of sp³-hybridized carbons (Fsp3) is 0.308. The molecule has 0 fully saturated rings. The maximum absolute atomic E-state index is 13.0. The van der Waals surface area contributed by atoms with Crippen molar-refractivity contribution in [1.82, 2.24) is 9.78 Å². The van der Waals surface area contributed by atoms with Crippen LogP contribution in [0, 0.1) is 0 Å². The number of halogens is 3. The van der Waals surface area contributed by atoms with Gasteiger partial charge < -0.3 is 10.8 Å². The van der Waals surface area contributed by atoms with Crippen molar-refractivity contribution in [3.8, 4) is 11.6 Å². The predicted octanol–water partition coefficient (Wildman–Crippen LogP) is 1.78. The van der Waals surface area contributed by atoms with Crippen molar-refractivity contribution in [2.24, 2.45) is 5.73 Å². The van der Waals surface area contributed by atoms with Gasteiger partial charge in [0.05, 0.1) is 16.8 Å². The fourth-order valence-corrected chi connectivity index (χ4v) is 2.05. The van der Waals surface area contributed by atoms with Gasteiger partial charge in [0.15, 0.2) is 0 Å². The second-order valence-corrected chi connectivity index (χ2v) is 4.49. The molecule has 0 atom stereocenters. The number of aromatic amines is 1. The van der Waals surface area contributed by atoms with E-state index in [0.29, 0.717) is 13.0 Å². The maximum Gasteiger partial charge on any atom is 0.418 e. The van der Waals surface area contributed by atoms with Crippen LogP contribution in [0.1, 0.15) is 17.5 Å². The van der Waals surface area contributed by atoms with E-state index in [1.807, 2.05) is 0 Å². The molecular formula is C13H14F3N3O2. The number of rotatable bonds is 4. The number of H-pyrrole nitrogens is 1. The highest BCUT2D eigenvalue weighted by Crippen LogP contribution is 2.34. The predicted molar refractivity (Wildman–Crippen MR) is 70.4 cm³/mol. The zero-order chi connectivity index (χ0) is 15.6. The van der Waals surface area contributed by atoms with Crippen LogP contribution in [-0.2, 0) is 12.6 Å². The number of nitrogens with zero attached hydrogens (tertiary/aromatic N) is 1. The van der Waals surface area contributed by atoms with E-state index >= 15 is 0 Å². The summed E-state index contributed by atoms with van der Waals surface area (Å²) in [6.07, 6.45) is -3.96. The number of hydrogen-bond acceptors (Lipinski definition) is 3. The third-order valence-electron chi connectivity index (χ3n) is 3.05. The molecule has 0 saturated carbocycles. The van der Waals surface area contributed by atoms with Crippen LogP contribution >= 0.6 is 0 Å². The highest BCUT2D eigenvalue weighted by molar-refractivity contribution is 5.45. The molecule has 1 aromatic heterocycles.